The van der Waals surface area contributed by atoms with E-state index < -0.39 is 0 Å². The molecule has 0 saturated heterocycles. The second-order valence-electron chi connectivity index (χ2n) is 1.17. The molecule has 0 rings (SSSR count). The fraction of sp³-hybridized carbons (Fsp3) is 0.500. The highest BCUT2D eigenvalue weighted by molar-refractivity contribution is 9.28. The monoisotopic (exact) mass is 290 g/mol. The summed E-state index contributed by atoms with van der Waals surface area (Å²) >= 11 is 9.83. The molecule has 0 heterocycles. The van der Waals surface area contributed by atoms with Gasteiger partial charge >= 0.3 is 0 Å². The van der Waals surface area contributed by atoms with Crippen molar-refractivity contribution in [3.63, 3.8) is 0 Å². The van der Waals surface area contributed by atoms with Crippen molar-refractivity contribution in [2.45, 2.75) is 6.92 Å². The summed E-state index contributed by atoms with van der Waals surface area (Å²) in [6.07, 6.45) is 0. The molecule has 0 nitrogen and oxygen atoms in total. The highest BCUT2D eigenvalue weighted by Gasteiger charge is 1.88. The van der Waals surface area contributed by atoms with Gasteiger partial charge in [-0.05, 0) is 44.4 Å². The highest BCUT2D eigenvalue weighted by atomic mass is 79.9. The molecule has 42 valence electrons. The molecule has 0 amide bonds. The maximum Gasteiger partial charge on any atom is 0.0601 e. The van der Waals surface area contributed by atoms with Gasteiger partial charge in [0.2, 0.25) is 0 Å². The molecular formula is C4H5Br3. The summed E-state index contributed by atoms with van der Waals surface area (Å²) in [5, 5.41) is 0.916. The van der Waals surface area contributed by atoms with Crippen molar-refractivity contribution in [3.8, 4) is 0 Å². The Morgan fingerprint density at radius 3 is 1.86 bits per heavy atom. The number of hydrogen-bond acceptors (Lipinski definition) is 0. The minimum atomic E-state index is 0.916. The summed E-state index contributed by atoms with van der Waals surface area (Å²) in [6.45, 7) is 2.04. The van der Waals surface area contributed by atoms with Crippen molar-refractivity contribution in [2.75, 3.05) is 5.33 Å². The van der Waals surface area contributed by atoms with Crippen molar-refractivity contribution < 1.29 is 0 Å². The topological polar surface area (TPSA) is 0 Å². The van der Waals surface area contributed by atoms with Gasteiger partial charge in [-0.25, -0.2) is 0 Å². The number of allylic oxidation sites excluding steroid dienone is 1. The van der Waals surface area contributed by atoms with Crippen molar-refractivity contribution in [3.05, 3.63) is 8.96 Å². The number of hydrogen-bond donors (Lipinski definition) is 0. The molecule has 0 aliphatic heterocycles. The van der Waals surface area contributed by atoms with Crippen LogP contribution in [0.2, 0.25) is 0 Å². The van der Waals surface area contributed by atoms with Gasteiger partial charge < -0.3 is 0 Å². The molecule has 0 atom stereocenters. The van der Waals surface area contributed by atoms with E-state index in [0.29, 0.717) is 0 Å². The molecule has 0 aliphatic carbocycles. The molecule has 0 aromatic heterocycles. The molecule has 0 aromatic rings. The molecule has 0 fully saturated rings. The molecule has 0 radical (unpaired) electrons. The Hall–Kier alpha value is 1.18. The maximum absolute atomic E-state index is 3.30. The molecule has 0 N–H and O–H groups in total. The Balaban J connectivity index is 3.72. The zero-order valence-corrected chi connectivity index (χ0v) is 8.60. The lowest BCUT2D eigenvalue weighted by molar-refractivity contribution is 1.44. The van der Waals surface area contributed by atoms with Crippen LogP contribution >= 0.6 is 47.8 Å². The molecule has 3 heteroatoms. The van der Waals surface area contributed by atoms with Gasteiger partial charge in [0.15, 0.2) is 0 Å². The normalized spacial score (nSPS) is 8.57. The van der Waals surface area contributed by atoms with Gasteiger partial charge in [0, 0.05) is 5.33 Å². The highest BCUT2D eigenvalue weighted by Crippen LogP contribution is 2.19. The maximum atomic E-state index is 3.30. The van der Waals surface area contributed by atoms with Crippen LogP contribution in [-0.4, -0.2) is 5.33 Å². The van der Waals surface area contributed by atoms with Gasteiger partial charge in [-0.2, -0.15) is 0 Å². The van der Waals surface area contributed by atoms with Crippen molar-refractivity contribution in [1.29, 1.82) is 0 Å². The first-order valence-electron chi connectivity index (χ1n) is 1.75. The fourth-order valence-corrected chi connectivity index (χ4v) is 1.36. The number of halogens is 3. The molecule has 0 aliphatic rings. The van der Waals surface area contributed by atoms with E-state index in [0.717, 1.165) is 8.72 Å². The van der Waals surface area contributed by atoms with Crippen molar-refractivity contribution in [1.82, 2.24) is 0 Å². The average Bonchev–Trinajstić information content (AvgIpc) is 1.65. The first-order chi connectivity index (χ1) is 3.18. The standard InChI is InChI=1S/C4H5Br3/c1-3(2-5)4(6)7/h2H2,1H3. The summed E-state index contributed by atoms with van der Waals surface area (Å²) in [5.74, 6) is 0. The number of rotatable bonds is 1. The molecule has 0 aromatic carbocycles. The van der Waals surface area contributed by atoms with Crippen LogP contribution in [0, 0.1) is 0 Å². The van der Waals surface area contributed by atoms with Gasteiger partial charge in [0.1, 0.15) is 0 Å². The van der Waals surface area contributed by atoms with E-state index in [4.69, 9.17) is 0 Å². The second kappa shape index (κ2) is 4.10. The molecule has 0 saturated carbocycles. The molecule has 7 heavy (non-hydrogen) atoms. The summed E-state index contributed by atoms with van der Waals surface area (Å²) in [6, 6.07) is 0. The zero-order valence-electron chi connectivity index (χ0n) is 3.84. The number of alkyl halides is 1. The van der Waals surface area contributed by atoms with Crippen LogP contribution in [0.4, 0.5) is 0 Å². The summed E-state index contributed by atoms with van der Waals surface area (Å²) < 4.78 is 1.04. The van der Waals surface area contributed by atoms with Crippen LogP contribution in [0.1, 0.15) is 6.92 Å². The van der Waals surface area contributed by atoms with E-state index in [1.165, 1.54) is 5.57 Å². The Kier molecular flexibility index (Phi) is 4.79. The zero-order chi connectivity index (χ0) is 5.86. The van der Waals surface area contributed by atoms with E-state index in [2.05, 4.69) is 47.8 Å². The van der Waals surface area contributed by atoms with E-state index in [-0.39, 0.29) is 0 Å². The van der Waals surface area contributed by atoms with Crippen LogP contribution in [0.5, 0.6) is 0 Å². The van der Waals surface area contributed by atoms with E-state index in [1.54, 1.807) is 0 Å². The van der Waals surface area contributed by atoms with Crippen molar-refractivity contribution >= 4 is 47.8 Å². The molecule has 0 unspecified atom stereocenters. The predicted octanol–water partition coefficient (Wildman–Crippen LogP) is 3.40. The predicted molar refractivity (Wildman–Crippen MR) is 44.3 cm³/mol. The Bertz CT molecular complexity index is 80.9. The average molecular weight is 293 g/mol. The van der Waals surface area contributed by atoms with Crippen LogP contribution in [-0.2, 0) is 0 Å². The minimum Gasteiger partial charge on any atom is -0.0879 e. The molecule has 0 spiro atoms. The second-order valence-corrected chi connectivity index (χ2v) is 4.39. The van der Waals surface area contributed by atoms with Crippen LogP contribution < -0.4 is 0 Å². The summed E-state index contributed by atoms with van der Waals surface area (Å²) in [5.41, 5.74) is 1.26. The van der Waals surface area contributed by atoms with E-state index in [1.807, 2.05) is 6.92 Å². The van der Waals surface area contributed by atoms with Crippen LogP contribution in [0.25, 0.3) is 0 Å². The third kappa shape index (κ3) is 3.74. The minimum absolute atomic E-state index is 0.916. The quantitative estimate of drug-likeness (QED) is 0.650. The SMILES string of the molecule is CC(CBr)=C(Br)Br. The smallest absolute Gasteiger partial charge is 0.0601 e. The third-order valence-electron chi connectivity index (χ3n) is 0.523. The molecule has 0 bridgehead atoms. The van der Waals surface area contributed by atoms with E-state index in [9.17, 15) is 0 Å². The van der Waals surface area contributed by atoms with Crippen molar-refractivity contribution in [2.24, 2.45) is 0 Å². The lowest BCUT2D eigenvalue weighted by Gasteiger charge is -1.89. The third-order valence-corrected chi connectivity index (χ3v) is 2.72. The molecular weight excluding hydrogens is 288 g/mol. The first kappa shape index (κ1) is 8.18. The van der Waals surface area contributed by atoms with Gasteiger partial charge in [-0.15, -0.1) is 0 Å². The largest absolute Gasteiger partial charge is 0.0879 e. The van der Waals surface area contributed by atoms with Gasteiger partial charge in [-0.3, -0.25) is 0 Å². The van der Waals surface area contributed by atoms with Gasteiger partial charge in [0.25, 0.3) is 0 Å². The first-order valence-corrected chi connectivity index (χ1v) is 4.46. The van der Waals surface area contributed by atoms with Crippen LogP contribution in [0.15, 0.2) is 8.96 Å². The summed E-state index contributed by atoms with van der Waals surface area (Å²) in [7, 11) is 0. The lowest BCUT2D eigenvalue weighted by atomic mass is 10.4. The Morgan fingerprint density at radius 2 is 1.86 bits per heavy atom. The van der Waals surface area contributed by atoms with Gasteiger partial charge in [0.05, 0.1) is 3.39 Å². The Morgan fingerprint density at radius 1 is 1.43 bits per heavy atom. The fourth-order valence-electron chi connectivity index (χ4n) is 0.0505. The van der Waals surface area contributed by atoms with Gasteiger partial charge in [-0.1, -0.05) is 15.9 Å². The lowest BCUT2D eigenvalue weighted by Crippen LogP contribution is -1.72. The van der Waals surface area contributed by atoms with Crippen LogP contribution in [0.3, 0.4) is 0 Å². The summed E-state index contributed by atoms with van der Waals surface area (Å²) in [4.78, 5) is 0. The Labute approximate surface area is 68.7 Å². The van der Waals surface area contributed by atoms with E-state index >= 15 is 0 Å².